The van der Waals surface area contributed by atoms with Gasteiger partial charge in [-0.2, -0.15) is 0 Å². The van der Waals surface area contributed by atoms with Gasteiger partial charge in [-0.3, -0.25) is 13.9 Å². The van der Waals surface area contributed by atoms with E-state index in [9.17, 15) is 18.0 Å². The third-order valence-corrected chi connectivity index (χ3v) is 7.71. The van der Waals surface area contributed by atoms with Gasteiger partial charge in [-0.1, -0.05) is 67.8 Å². The first-order valence-corrected chi connectivity index (χ1v) is 14.2. The second kappa shape index (κ2) is 12.2. The summed E-state index contributed by atoms with van der Waals surface area (Å²) in [6.45, 7) is 3.77. The Labute approximate surface area is 209 Å². The Morgan fingerprint density at radius 3 is 2.23 bits per heavy atom. The Balaban J connectivity index is 1.85. The van der Waals surface area contributed by atoms with Gasteiger partial charge in [-0.15, -0.1) is 0 Å². The first kappa shape index (κ1) is 26.7. The molecule has 1 atom stereocenters. The van der Waals surface area contributed by atoms with Crippen LogP contribution >= 0.6 is 0 Å². The molecule has 1 fully saturated rings. The van der Waals surface area contributed by atoms with Crippen molar-refractivity contribution in [3.8, 4) is 0 Å². The molecule has 7 nitrogen and oxygen atoms in total. The Hall–Kier alpha value is -2.87. The monoisotopic (exact) mass is 499 g/mol. The number of carbonyl (C=O) groups excluding carboxylic acids is 2. The van der Waals surface area contributed by atoms with Gasteiger partial charge in [0.15, 0.2) is 0 Å². The molecule has 0 heterocycles. The first-order valence-electron chi connectivity index (χ1n) is 12.4. The van der Waals surface area contributed by atoms with Gasteiger partial charge in [0.1, 0.15) is 12.6 Å². The number of hydrogen-bond acceptors (Lipinski definition) is 4. The number of nitrogens with one attached hydrogen (secondary N) is 1. The normalized spacial score (nSPS) is 14.9. The van der Waals surface area contributed by atoms with Crippen LogP contribution in [0.2, 0.25) is 0 Å². The first-order chi connectivity index (χ1) is 16.7. The van der Waals surface area contributed by atoms with E-state index in [2.05, 4.69) is 5.32 Å². The SMILES string of the molecule is CC[C@@H](C(=O)NC1CCCC1)N(CCc1ccccc1)C(=O)CN(c1ccc(C)cc1)S(C)(=O)=O. The van der Waals surface area contributed by atoms with Crippen molar-refractivity contribution in [2.24, 2.45) is 0 Å². The summed E-state index contributed by atoms with van der Waals surface area (Å²) in [7, 11) is -3.71. The molecule has 3 rings (SSSR count). The molecule has 0 aliphatic heterocycles. The minimum atomic E-state index is -3.71. The van der Waals surface area contributed by atoms with Crippen LogP contribution in [0.4, 0.5) is 5.69 Å². The highest BCUT2D eigenvalue weighted by molar-refractivity contribution is 7.92. The molecule has 2 aromatic rings. The summed E-state index contributed by atoms with van der Waals surface area (Å²) < 4.78 is 26.4. The Morgan fingerprint density at radius 2 is 1.66 bits per heavy atom. The average Bonchev–Trinajstić information content (AvgIpc) is 3.33. The van der Waals surface area contributed by atoms with Crippen LogP contribution in [-0.4, -0.2) is 56.6 Å². The second-order valence-electron chi connectivity index (χ2n) is 9.34. The zero-order chi connectivity index (χ0) is 25.4. The van der Waals surface area contributed by atoms with Crippen LogP contribution in [0.25, 0.3) is 0 Å². The van der Waals surface area contributed by atoms with Gasteiger partial charge in [0.25, 0.3) is 0 Å². The molecule has 1 aliphatic rings. The van der Waals surface area contributed by atoms with Gasteiger partial charge in [0.05, 0.1) is 11.9 Å². The number of nitrogens with zero attached hydrogens (tertiary/aromatic N) is 2. The van der Waals surface area contributed by atoms with Crippen molar-refractivity contribution >= 4 is 27.5 Å². The van der Waals surface area contributed by atoms with E-state index in [-0.39, 0.29) is 24.4 Å². The molecular weight excluding hydrogens is 462 g/mol. The molecule has 0 unspecified atom stereocenters. The van der Waals surface area contributed by atoms with Gasteiger partial charge >= 0.3 is 0 Å². The largest absolute Gasteiger partial charge is 0.352 e. The van der Waals surface area contributed by atoms with Gasteiger partial charge < -0.3 is 10.2 Å². The molecule has 1 aliphatic carbocycles. The van der Waals surface area contributed by atoms with Crippen LogP contribution in [0, 0.1) is 6.92 Å². The lowest BCUT2D eigenvalue weighted by Gasteiger charge is -2.33. The van der Waals surface area contributed by atoms with Crippen molar-refractivity contribution in [2.45, 2.75) is 64.5 Å². The lowest BCUT2D eigenvalue weighted by atomic mass is 10.1. The van der Waals surface area contributed by atoms with Crippen molar-refractivity contribution in [1.29, 1.82) is 0 Å². The Bertz CT molecular complexity index is 1080. The van der Waals surface area contributed by atoms with E-state index in [1.54, 1.807) is 17.0 Å². The molecule has 0 radical (unpaired) electrons. The fourth-order valence-corrected chi connectivity index (χ4v) is 5.44. The minimum absolute atomic E-state index is 0.141. The van der Waals surface area contributed by atoms with E-state index >= 15 is 0 Å². The predicted molar refractivity (Wildman–Crippen MR) is 140 cm³/mol. The summed E-state index contributed by atoms with van der Waals surface area (Å²) in [5.41, 5.74) is 2.47. The molecule has 8 heteroatoms. The van der Waals surface area contributed by atoms with E-state index < -0.39 is 16.1 Å². The standard InChI is InChI=1S/C27H37N3O4S/c1-4-25(27(32)28-23-12-8-9-13-23)29(19-18-22-10-6-5-7-11-22)26(31)20-30(35(3,33)34)24-16-14-21(2)15-17-24/h5-7,10-11,14-17,23,25H,4,8-9,12-13,18-20H2,1-3H3,(H,28,32)/t25-/m0/s1. The molecule has 2 amide bonds. The highest BCUT2D eigenvalue weighted by Crippen LogP contribution is 2.21. The number of benzene rings is 2. The topological polar surface area (TPSA) is 86.8 Å². The highest BCUT2D eigenvalue weighted by Gasteiger charge is 2.32. The van der Waals surface area contributed by atoms with E-state index in [4.69, 9.17) is 0 Å². The van der Waals surface area contributed by atoms with E-state index in [0.717, 1.165) is 47.4 Å². The molecule has 190 valence electrons. The molecular formula is C27H37N3O4S. The fourth-order valence-electron chi connectivity index (χ4n) is 4.59. The predicted octanol–water partition coefficient (Wildman–Crippen LogP) is 3.67. The zero-order valence-corrected chi connectivity index (χ0v) is 21.8. The molecule has 1 N–H and O–H groups in total. The third kappa shape index (κ3) is 7.56. The quantitative estimate of drug-likeness (QED) is 0.511. The number of sulfonamides is 1. The van der Waals surface area contributed by atoms with Gasteiger partial charge in [0.2, 0.25) is 21.8 Å². The van der Waals surface area contributed by atoms with Crippen molar-refractivity contribution in [3.63, 3.8) is 0 Å². The fraction of sp³-hybridized carbons (Fsp3) is 0.481. The van der Waals surface area contributed by atoms with Crippen LogP contribution in [0.5, 0.6) is 0 Å². The summed E-state index contributed by atoms with van der Waals surface area (Å²) >= 11 is 0. The van der Waals surface area contributed by atoms with Gasteiger partial charge in [0, 0.05) is 12.6 Å². The smallest absolute Gasteiger partial charge is 0.244 e. The van der Waals surface area contributed by atoms with Crippen LogP contribution in [0.3, 0.4) is 0 Å². The second-order valence-corrected chi connectivity index (χ2v) is 11.2. The Morgan fingerprint density at radius 1 is 1.03 bits per heavy atom. The number of anilines is 1. The number of rotatable bonds is 11. The molecule has 2 aromatic carbocycles. The summed E-state index contributed by atoms with van der Waals surface area (Å²) in [4.78, 5) is 28.4. The van der Waals surface area contributed by atoms with Gasteiger partial charge in [-0.05, 0) is 50.3 Å². The maximum absolute atomic E-state index is 13.6. The van der Waals surface area contributed by atoms with Crippen LogP contribution in [0.1, 0.15) is 50.2 Å². The summed E-state index contributed by atoms with van der Waals surface area (Å²) in [5, 5.41) is 3.12. The van der Waals surface area contributed by atoms with Crippen molar-refractivity contribution < 1.29 is 18.0 Å². The summed E-state index contributed by atoms with van der Waals surface area (Å²) in [6.07, 6.45) is 6.21. The maximum atomic E-state index is 13.6. The molecule has 0 aromatic heterocycles. The minimum Gasteiger partial charge on any atom is -0.352 e. The van der Waals surface area contributed by atoms with E-state index in [1.807, 2.05) is 56.3 Å². The maximum Gasteiger partial charge on any atom is 0.244 e. The van der Waals surface area contributed by atoms with Crippen LogP contribution in [0.15, 0.2) is 54.6 Å². The molecule has 35 heavy (non-hydrogen) atoms. The summed E-state index contributed by atoms with van der Waals surface area (Å²) in [5.74, 6) is -0.553. The highest BCUT2D eigenvalue weighted by atomic mass is 32.2. The molecule has 0 saturated heterocycles. The van der Waals surface area contributed by atoms with E-state index in [1.165, 1.54) is 0 Å². The molecule has 1 saturated carbocycles. The summed E-state index contributed by atoms with van der Waals surface area (Å²) in [6, 6.07) is 16.3. The number of carbonyl (C=O) groups is 2. The van der Waals surface area contributed by atoms with Crippen LogP contribution in [-0.2, 0) is 26.0 Å². The molecule has 0 spiro atoms. The average molecular weight is 500 g/mol. The van der Waals surface area contributed by atoms with Crippen molar-refractivity contribution in [1.82, 2.24) is 10.2 Å². The number of aryl methyl sites for hydroxylation is 1. The third-order valence-electron chi connectivity index (χ3n) is 6.57. The molecule has 0 bridgehead atoms. The lowest BCUT2D eigenvalue weighted by Crippen LogP contribution is -2.54. The number of amides is 2. The van der Waals surface area contributed by atoms with Crippen molar-refractivity contribution in [3.05, 3.63) is 65.7 Å². The van der Waals surface area contributed by atoms with E-state index in [0.29, 0.717) is 25.1 Å². The van der Waals surface area contributed by atoms with Crippen molar-refractivity contribution in [2.75, 3.05) is 23.7 Å². The zero-order valence-electron chi connectivity index (χ0n) is 20.9. The Kier molecular flexibility index (Phi) is 9.32. The lowest BCUT2D eigenvalue weighted by molar-refractivity contribution is -0.139. The van der Waals surface area contributed by atoms with Gasteiger partial charge in [-0.25, -0.2) is 8.42 Å². The van der Waals surface area contributed by atoms with Crippen LogP contribution < -0.4 is 9.62 Å². The number of hydrogen-bond donors (Lipinski definition) is 1.